The van der Waals surface area contributed by atoms with E-state index in [2.05, 4.69) is 9.97 Å². The van der Waals surface area contributed by atoms with Crippen LogP contribution >= 0.6 is 0 Å². The van der Waals surface area contributed by atoms with Gasteiger partial charge >= 0.3 is 6.18 Å². The minimum absolute atomic E-state index is 0.0515. The van der Waals surface area contributed by atoms with Crippen LogP contribution in [0.5, 0.6) is 11.6 Å². The quantitative estimate of drug-likeness (QED) is 0.766. The first-order chi connectivity index (χ1) is 11.7. The third-order valence-corrected chi connectivity index (χ3v) is 3.22. The zero-order valence-electron chi connectivity index (χ0n) is 14.5. The lowest BCUT2D eigenvalue weighted by atomic mass is 10.3. The van der Waals surface area contributed by atoms with Gasteiger partial charge in [-0.2, -0.15) is 18.2 Å². The predicted molar refractivity (Wildman–Crippen MR) is 88.5 cm³/mol. The van der Waals surface area contributed by atoms with Crippen molar-refractivity contribution in [2.45, 2.75) is 33.1 Å². The van der Waals surface area contributed by atoms with Crippen LogP contribution in [-0.4, -0.2) is 29.7 Å². The fraction of sp³-hybridized carbons (Fsp3) is 0.412. The number of anilines is 2. The minimum Gasteiger partial charge on any atom is -0.491 e. The zero-order chi connectivity index (χ0) is 18.6. The van der Waals surface area contributed by atoms with E-state index in [0.29, 0.717) is 11.4 Å². The molecule has 0 saturated carbocycles. The molecule has 0 saturated heterocycles. The largest absolute Gasteiger partial charge is 0.491 e. The van der Waals surface area contributed by atoms with Crippen LogP contribution in [0.15, 0.2) is 30.5 Å². The third kappa shape index (κ3) is 4.74. The fourth-order valence-corrected chi connectivity index (χ4v) is 2.10. The molecule has 0 fully saturated rings. The highest BCUT2D eigenvalue weighted by Gasteiger charge is 2.36. The van der Waals surface area contributed by atoms with Crippen LogP contribution in [0.1, 0.15) is 26.3 Å². The molecule has 0 amide bonds. The summed E-state index contributed by atoms with van der Waals surface area (Å²) in [6.45, 7) is 5.51. The first-order valence-electron chi connectivity index (χ1n) is 7.79. The Morgan fingerprint density at radius 2 is 1.80 bits per heavy atom. The van der Waals surface area contributed by atoms with Gasteiger partial charge in [-0.05, 0) is 45.0 Å². The Bertz CT molecular complexity index is 703. The predicted octanol–water partition coefficient (Wildman–Crippen LogP) is 4.45. The zero-order valence-corrected chi connectivity index (χ0v) is 14.5. The van der Waals surface area contributed by atoms with Gasteiger partial charge in [-0.3, -0.25) is 0 Å². The summed E-state index contributed by atoms with van der Waals surface area (Å²) in [5.41, 5.74) is -0.287. The lowest BCUT2D eigenvalue weighted by molar-refractivity contribution is -0.139. The highest BCUT2D eigenvalue weighted by molar-refractivity contribution is 5.58. The maximum absolute atomic E-state index is 13.0. The van der Waals surface area contributed by atoms with E-state index in [4.69, 9.17) is 9.47 Å². The van der Waals surface area contributed by atoms with E-state index in [1.807, 2.05) is 13.8 Å². The number of nitrogens with zero attached hydrogens (tertiary/aromatic N) is 3. The lowest BCUT2D eigenvalue weighted by Crippen LogP contribution is -2.17. The summed E-state index contributed by atoms with van der Waals surface area (Å²) in [7, 11) is 1.66. The summed E-state index contributed by atoms with van der Waals surface area (Å²) >= 11 is 0. The van der Waals surface area contributed by atoms with E-state index in [1.165, 1.54) is 0 Å². The van der Waals surface area contributed by atoms with Crippen molar-refractivity contribution < 1.29 is 22.6 Å². The van der Waals surface area contributed by atoms with Crippen LogP contribution in [0.2, 0.25) is 0 Å². The number of hydrogen-bond donors (Lipinski definition) is 0. The van der Waals surface area contributed by atoms with Crippen molar-refractivity contribution in [2.75, 3.05) is 18.6 Å². The van der Waals surface area contributed by atoms with Crippen molar-refractivity contribution in [3.05, 3.63) is 36.0 Å². The molecular weight excluding hydrogens is 335 g/mol. The molecule has 0 spiro atoms. The Morgan fingerprint density at radius 3 is 2.32 bits per heavy atom. The number of aromatic nitrogens is 2. The Labute approximate surface area is 144 Å². The number of hydrogen-bond acceptors (Lipinski definition) is 5. The van der Waals surface area contributed by atoms with E-state index >= 15 is 0 Å². The molecule has 8 heteroatoms. The van der Waals surface area contributed by atoms with Crippen molar-refractivity contribution in [1.29, 1.82) is 0 Å². The van der Waals surface area contributed by atoms with Gasteiger partial charge in [0.05, 0.1) is 12.7 Å². The van der Waals surface area contributed by atoms with E-state index in [9.17, 15) is 13.2 Å². The highest BCUT2D eigenvalue weighted by atomic mass is 19.4. The molecule has 136 valence electrons. The maximum Gasteiger partial charge on any atom is 0.423 e. The molecule has 25 heavy (non-hydrogen) atoms. The van der Waals surface area contributed by atoms with Gasteiger partial charge in [0, 0.05) is 18.9 Å². The number of ether oxygens (including phenoxy) is 2. The second kappa shape index (κ2) is 7.58. The van der Waals surface area contributed by atoms with Gasteiger partial charge in [0.25, 0.3) is 0 Å². The van der Waals surface area contributed by atoms with E-state index in [1.54, 1.807) is 43.1 Å². The standard InChI is InChI=1S/C17H20F3N3O2/c1-5-24-15-14(17(18,19)20)10-21-16(22-15)23(4)12-6-8-13(9-7-12)25-11(2)3/h6-11H,5H2,1-4H3. The smallest absolute Gasteiger partial charge is 0.423 e. The molecule has 0 aliphatic heterocycles. The summed E-state index contributed by atoms with van der Waals surface area (Å²) in [4.78, 5) is 9.31. The highest BCUT2D eigenvalue weighted by Crippen LogP contribution is 2.36. The number of alkyl halides is 3. The molecule has 5 nitrogen and oxygen atoms in total. The Morgan fingerprint density at radius 1 is 1.16 bits per heavy atom. The maximum atomic E-state index is 13.0. The first-order valence-corrected chi connectivity index (χ1v) is 7.79. The molecule has 1 aromatic heterocycles. The van der Waals surface area contributed by atoms with Gasteiger partial charge in [0.1, 0.15) is 11.3 Å². The molecule has 0 aliphatic carbocycles. The van der Waals surface area contributed by atoms with Gasteiger partial charge in [-0.25, -0.2) is 4.98 Å². The Hall–Kier alpha value is -2.51. The van der Waals surface area contributed by atoms with Crippen molar-refractivity contribution in [3.63, 3.8) is 0 Å². The molecule has 0 aliphatic rings. The van der Waals surface area contributed by atoms with Gasteiger partial charge in [-0.1, -0.05) is 0 Å². The summed E-state index contributed by atoms with van der Waals surface area (Å²) in [6, 6.07) is 7.11. The average molecular weight is 355 g/mol. The van der Waals surface area contributed by atoms with E-state index in [0.717, 1.165) is 6.20 Å². The normalized spacial score (nSPS) is 11.5. The van der Waals surface area contributed by atoms with Crippen LogP contribution in [0.25, 0.3) is 0 Å². The third-order valence-electron chi connectivity index (χ3n) is 3.22. The number of benzene rings is 1. The van der Waals surface area contributed by atoms with Crippen LogP contribution < -0.4 is 14.4 Å². The van der Waals surface area contributed by atoms with Crippen LogP contribution in [0, 0.1) is 0 Å². The van der Waals surface area contributed by atoms with E-state index in [-0.39, 0.29) is 18.7 Å². The van der Waals surface area contributed by atoms with Crippen molar-refractivity contribution in [1.82, 2.24) is 9.97 Å². The molecule has 0 atom stereocenters. The molecule has 0 unspecified atom stereocenters. The van der Waals surface area contributed by atoms with Crippen molar-refractivity contribution in [2.24, 2.45) is 0 Å². The van der Waals surface area contributed by atoms with Crippen molar-refractivity contribution in [3.8, 4) is 11.6 Å². The SMILES string of the molecule is CCOc1nc(N(C)c2ccc(OC(C)C)cc2)ncc1C(F)(F)F. The molecule has 2 rings (SSSR count). The summed E-state index contributed by atoms with van der Waals surface area (Å²) in [5, 5.41) is 0. The molecular formula is C17H20F3N3O2. The summed E-state index contributed by atoms with van der Waals surface area (Å²) < 4.78 is 49.6. The number of rotatable bonds is 6. The summed E-state index contributed by atoms with van der Waals surface area (Å²) in [5.74, 6) is 0.330. The van der Waals surface area contributed by atoms with Crippen LogP contribution in [0.4, 0.5) is 24.8 Å². The van der Waals surface area contributed by atoms with Gasteiger partial charge in [0.2, 0.25) is 11.8 Å². The summed E-state index contributed by atoms with van der Waals surface area (Å²) in [6.07, 6.45) is -3.78. The van der Waals surface area contributed by atoms with E-state index < -0.39 is 17.6 Å². The number of halogens is 3. The fourth-order valence-electron chi connectivity index (χ4n) is 2.10. The molecule has 1 aromatic carbocycles. The lowest BCUT2D eigenvalue weighted by Gasteiger charge is -2.20. The molecule has 1 heterocycles. The van der Waals surface area contributed by atoms with Gasteiger partial charge in [0.15, 0.2) is 0 Å². The Balaban J connectivity index is 2.29. The Kier molecular flexibility index (Phi) is 5.71. The van der Waals surface area contributed by atoms with Crippen LogP contribution in [-0.2, 0) is 6.18 Å². The second-order valence-corrected chi connectivity index (χ2v) is 5.54. The molecule has 0 N–H and O–H groups in total. The monoisotopic (exact) mass is 355 g/mol. The average Bonchev–Trinajstić information content (AvgIpc) is 2.53. The molecule has 0 bridgehead atoms. The van der Waals surface area contributed by atoms with Gasteiger partial charge < -0.3 is 14.4 Å². The molecule has 2 aromatic rings. The minimum atomic E-state index is -4.57. The van der Waals surface area contributed by atoms with Crippen LogP contribution in [0.3, 0.4) is 0 Å². The first kappa shape index (κ1) is 18.8. The molecule has 0 radical (unpaired) electrons. The topological polar surface area (TPSA) is 47.5 Å². The second-order valence-electron chi connectivity index (χ2n) is 5.54. The van der Waals surface area contributed by atoms with Crippen molar-refractivity contribution >= 4 is 11.6 Å². The van der Waals surface area contributed by atoms with Gasteiger partial charge in [-0.15, -0.1) is 0 Å².